The number of hydrogen-bond donors (Lipinski definition) is 1. The number of benzene rings is 1. The summed E-state index contributed by atoms with van der Waals surface area (Å²) in [5.74, 6) is 0.822. The predicted molar refractivity (Wildman–Crippen MR) is 96.2 cm³/mol. The molecular weight excluding hydrogens is 358 g/mol. The van der Waals surface area contributed by atoms with Crippen LogP contribution in [0.5, 0.6) is 5.75 Å². The number of nitrogens with zero attached hydrogens (tertiary/aromatic N) is 2. The minimum Gasteiger partial charge on any atom is -0.484 e. The second kappa shape index (κ2) is 8.35. The Balaban J connectivity index is 1.49. The summed E-state index contributed by atoms with van der Waals surface area (Å²) < 4.78 is 11.9. The normalized spacial score (nSPS) is 10.5. The first-order valence-corrected chi connectivity index (χ1v) is 8.27. The summed E-state index contributed by atoms with van der Waals surface area (Å²) in [5.41, 5.74) is 0.291. The number of nitrogens with one attached hydrogen (secondary N) is 1. The lowest BCUT2D eigenvalue weighted by molar-refractivity contribution is -0.123. The summed E-state index contributed by atoms with van der Waals surface area (Å²) in [6, 6.07) is 13.2. The zero-order valence-electron chi connectivity index (χ0n) is 13.7. The van der Waals surface area contributed by atoms with Gasteiger partial charge < -0.3 is 14.5 Å². The van der Waals surface area contributed by atoms with E-state index in [-0.39, 0.29) is 31.2 Å². The van der Waals surface area contributed by atoms with Gasteiger partial charge in [0.05, 0.1) is 12.8 Å². The lowest BCUT2D eigenvalue weighted by Crippen LogP contribution is -2.34. The number of amides is 1. The fraction of sp³-hybridized carbons (Fsp3) is 0.167. The molecule has 0 bridgehead atoms. The Bertz CT molecular complexity index is 920. The Morgan fingerprint density at radius 2 is 2.00 bits per heavy atom. The van der Waals surface area contributed by atoms with Gasteiger partial charge in [-0.25, -0.2) is 4.68 Å². The molecule has 0 aliphatic carbocycles. The van der Waals surface area contributed by atoms with E-state index in [0.29, 0.717) is 22.2 Å². The fourth-order valence-electron chi connectivity index (χ4n) is 2.20. The first-order chi connectivity index (χ1) is 12.6. The SMILES string of the molecule is O=C(COc1ccc(Cl)cc1)NCCn1nc(-c2ccco2)ccc1=O. The molecule has 0 fully saturated rings. The van der Waals surface area contributed by atoms with Gasteiger partial charge in [0, 0.05) is 17.6 Å². The Morgan fingerprint density at radius 3 is 2.73 bits per heavy atom. The van der Waals surface area contributed by atoms with Crippen LogP contribution in [0.3, 0.4) is 0 Å². The van der Waals surface area contributed by atoms with Crippen LogP contribution < -0.4 is 15.6 Å². The standard InChI is InChI=1S/C18H16ClN3O4/c19-13-3-5-14(6-4-13)26-12-17(23)20-9-10-22-18(24)8-7-15(21-22)16-2-1-11-25-16/h1-8,11H,9-10,12H2,(H,20,23). The molecule has 0 aliphatic heterocycles. The first kappa shape index (κ1) is 17.8. The third kappa shape index (κ3) is 4.73. The summed E-state index contributed by atoms with van der Waals surface area (Å²) in [4.78, 5) is 23.7. The number of aromatic nitrogens is 2. The molecule has 0 aliphatic rings. The van der Waals surface area contributed by atoms with Crippen LogP contribution in [-0.2, 0) is 11.3 Å². The fourth-order valence-corrected chi connectivity index (χ4v) is 2.32. The van der Waals surface area contributed by atoms with Crippen LogP contribution in [0.1, 0.15) is 0 Å². The number of rotatable bonds is 7. The van der Waals surface area contributed by atoms with E-state index in [0.717, 1.165) is 0 Å². The van der Waals surface area contributed by atoms with Crippen molar-refractivity contribution < 1.29 is 13.9 Å². The molecule has 26 heavy (non-hydrogen) atoms. The molecule has 2 heterocycles. The minimum atomic E-state index is -0.296. The van der Waals surface area contributed by atoms with E-state index >= 15 is 0 Å². The Labute approximate surface area is 154 Å². The molecule has 134 valence electrons. The second-order valence-corrected chi connectivity index (χ2v) is 5.79. The van der Waals surface area contributed by atoms with E-state index < -0.39 is 0 Å². The van der Waals surface area contributed by atoms with E-state index in [4.69, 9.17) is 20.8 Å². The van der Waals surface area contributed by atoms with Crippen molar-refractivity contribution in [2.45, 2.75) is 6.54 Å². The van der Waals surface area contributed by atoms with Gasteiger partial charge in [0.25, 0.3) is 11.5 Å². The van der Waals surface area contributed by atoms with Crippen LogP contribution in [0.15, 0.2) is 64.0 Å². The molecule has 0 spiro atoms. The molecule has 1 aromatic carbocycles. The molecule has 1 N–H and O–H groups in total. The van der Waals surface area contributed by atoms with Crippen molar-refractivity contribution in [2.75, 3.05) is 13.2 Å². The third-order valence-corrected chi connectivity index (χ3v) is 3.72. The van der Waals surface area contributed by atoms with E-state index in [2.05, 4.69) is 10.4 Å². The predicted octanol–water partition coefficient (Wildman–Crippen LogP) is 2.35. The number of ether oxygens (including phenoxy) is 1. The van der Waals surface area contributed by atoms with Crippen molar-refractivity contribution in [3.8, 4) is 17.2 Å². The zero-order valence-corrected chi connectivity index (χ0v) is 14.5. The van der Waals surface area contributed by atoms with Gasteiger partial charge in [0.1, 0.15) is 11.4 Å². The summed E-state index contributed by atoms with van der Waals surface area (Å²) in [5, 5.41) is 7.50. The summed E-state index contributed by atoms with van der Waals surface area (Å²) in [6.07, 6.45) is 1.54. The number of carbonyl (C=O) groups excluding carboxylic acids is 1. The van der Waals surface area contributed by atoms with Crippen molar-refractivity contribution in [3.05, 3.63) is 70.2 Å². The van der Waals surface area contributed by atoms with Crippen LogP contribution in [0.25, 0.3) is 11.5 Å². The van der Waals surface area contributed by atoms with E-state index in [1.807, 2.05) is 0 Å². The Hall–Kier alpha value is -3.06. The van der Waals surface area contributed by atoms with Gasteiger partial charge in [-0.05, 0) is 42.5 Å². The largest absolute Gasteiger partial charge is 0.484 e. The molecule has 0 saturated heterocycles. The maximum absolute atomic E-state index is 11.9. The topological polar surface area (TPSA) is 86.4 Å². The summed E-state index contributed by atoms with van der Waals surface area (Å²) in [6.45, 7) is 0.355. The average molecular weight is 374 g/mol. The van der Waals surface area contributed by atoms with Gasteiger partial charge in [-0.2, -0.15) is 5.10 Å². The van der Waals surface area contributed by atoms with Crippen LogP contribution in [0, 0.1) is 0 Å². The number of halogens is 1. The van der Waals surface area contributed by atoms with E-state index in [1.165, 1.54) is 17.0 Å². The maximum Gasteiger partial charge on any atom is 0.266 e. The van der Waals surface area contributed by atoms with Crippen LogP contribution in [0.2, 0.25) is 5.02 Å². The number of carbonyl (C=O) groups is 1. The van der Waals surface area contributed by atoms with Crippen LogP contribution in [0.4, 0.5) is 0 Å². The Kier molecular flexibility index (Phi) is 5.70. The number of hydrogen-bond acceptors (Lipinski definition) is 5. The van der Waals surface area contributed by atoms with Gasteiger partial charge >= 0.3 is 0 Å². The zero-order chi connectivity index (χ0) is 18.4. The molecule has 7 nitrogen and oxygen atoms in total. The highest BCUT2D eigenvalue weighted by Crippen LogP contribution is 2.15. The van der Waals surface area contributed by atoms with Gasteiger partial charge in [0.2, 0.25) is 0 Å². The molecule has 3 rings (SSSR count). The molecule has 8 heteroatoms. The highest BCUT2D eigenvalue weighted by Gasteiger charge is 2.07. The molecule has 2 aromatic heterocycles. The van der Waals surface area contributed by atoms with Gasteiger partial charge in [-0.15, -0.1) is 0 Å². The second-order valence-electron chi connectivity index (χ2n) is 5.35. The quantitative estimate of drug-likeness (QED) is 0.687. The first-order valence-electron chi connectivity index (χ1n) is 7.89. The lowest BCUT2D eigenvalue weighted by atomic mass is 10.3. The number of furan rings is 1. The van der Waals surface area contributed by atoms with E-state index in [9.17, 15) is 9.59 Å². The molecule has 0 radical (unpaired) electrons. The van der Waals surface area contributed by atoms with Crippen molar-refractivity contribution in [2.24, 2.45) is 0 Å². The molecule has 0 atom stereocenters. The average Bonchev–Trinajstić information content (AvgIpc) is 3.17. The maximum atomic E-state index is 11.9. The molecule has 0 unspecified atom stereocenters. The molecular formula is C18H16ClN3O4. The third-order valence-electron chi connectivity index (χ3n) is 3.47. The van der Waals surface area contributed by atoms with Crippen molar-refractivity contribution in [3.63, 3.8) is 0 Å². The highest BCUT2D eigenvalue weighted by atomic mass is 35.5. The summed E-state index contributed by atoms with van der Waals surface area (Å²) >= 11 is 5.78. The summed E-state index contributed by atoms with van der Waals surface area (Å²) in [7, 11) is 0. The van der Waals surface area contributed by atoms with Gasteiger partial charge in [0.15, 0.2) is 12.4 Å². The van der Waals surface area contributed by atoms with Crippen LogP contribution >= 0.6 is 11.6 Å². The van der Waals surface area contributed by atoms with Crippen LogP contribution in [-0.4, -0.2) is 28.8 Å². The van der Waals surface area contributed by atoms with Gasteiger partial charge in [-0.1, -0.05) is 11.6 Å². The molecule has 3 aromatic rings. The Morgan fingerprint density at radius 1 is 1.19 bits per heavy atom. The van der Waals surface area contributed by atoms with Crippen molar-refractivity contribution >= 4 is 17.5 Å². The minimum absolute atomic E-state index is 0.129. The van der Waals surface area contributed by atoms with Gasteiger partial charge in [-0.3, -0.25) is 9.59 Å². The van der Waals surface area contributed by atoms with Crippen molar-refractivity contribution in [1.29, 1.82) is 0 Å². The molecule has 1 amide bonds. The highest BCUT2D eigenvalue weighted by molar-refractivity contribution is 6.30. The molecule has 0 saturated carbocycles. The van der Waals surface area contributed by atoms with Crippen molar-refractivity contribution in [1.82, 2.24) is 15.1 Å². The lowest BCUT2D eigenvalue weighted by Gasteiger charge is -2.09. The smallest absolute Gasteiger partial charge is 0.266 e. The van der Waals surface area contributed by atoms with E-state index in [1.54, 1.807) is 42.5 Å². The monoisotopic (exact) mass is 373 g/mol.